The van der Waals surface area contributed by atoms with Crippen LogP contribution in [0.4, 0.5) is 34.2 Å². The number of aliphatic hydroxyl groups is 1. The highest BCUT2D eigenvalue weighted by molar-refractivity contribution is 7.16. The van der Waals surface area contributed by atoms with Crippen molar-refractivity contribution in [2.24, 2.45) is 0 Å². The van der Waals surface area contributed by atoms with Crippen molar-refractivity contribution >= 4 is 28.0 Å². The quantitative estimate of drug-likeness (QED) is 0.463. The summed E-state index contributed by atoms with van der Waals surface area (Å²) >= 11 is 0.411. The van der Waals surface area contributed by atoms with Crippen molar-refractivity contribution in [3.63, 3.8) is 0 Å². The Labute approximate surface area is 245 Å². The van der Waals surface area contributed by atoms with E-state index in [1.54, 1.807) is 13.0 Å². The first kappa shape index (κ1) is 29.2. The molecule has 4 aliphatic rings. The molecule has 0 saturated carbocycles. The number of hydrogen-bond acceptors (Lipinski definition) is 10. The maximum Gasteiger partial charge on any atom is 0.425 e. The summed E-state index contributed by atoms with van der Waals surface area (Å²) in [4.78, 5) is 14.5. The number of nitrogens with two attached hydrogens (primary N) is 1. The zero-order valence-corrected chi connectivity index (χ0v) is 24.3. The van der Waals surface area contributed by atoms with Gasteiger partial charge >= 0.3 is 12.2 Å². The molecule has 6 heterocycles. The second-order valence-electron chi connectivity index (χ2n) is 12.4. The molecule has 0 bridgehead atoms. The van der Waals surface area contributed by atoms with Crippen LogP contribution < -0.4 is 20.3 Å². The van der Waals surface area contributed by atoms with Crippen molar-refractivity contribution in [2.45, 2.75) is 74.9 Å². The predicted molar refractivity (Wildman–Crippen MR) is 151 cm³/mol. The molecular weight excluding hydrogens is 574 g/mol. The van der Waals surface area contributed by atoms with Crippen LogP contribution in [0.5, 0.6) is 6.01 Å². The highest BCUT2D eigenvalue weighted by Gasteiger charge is 2.49. The number of nitrogens with zero attached hydrogens (tertiary/aromatic N) is 6. The van der Waals surface area contributed by atoms with Gasteiger partial charge < -0.3 is 25.4 Å². The first-order chi connectivity index (χ1) is 19.9. The molecule has 0 aliphatic carbocycles. The van der Waals surface area contributed by atoms with Crippen LogP contribution in [0.15, 0.2) is 6.07 Å². The number of anilines is 3. The van der Waals surface area contributed by atoms with Gasteiger partial charge in [-0.2, -0.15) is 28.4 Å². The topological polar surface area (TPSA) is 115 Å². The number of ether oxygens (including phenoxy) is 1. The monoisotopic (exact) mass is 609 g/mol. The molecule has 42 heavy (non-hydrogen) atoms. The number of alkyl halides is 4. The Balaban J connectivity index is 1.29. The van der Waals surface area contributed by atoms with Crippen LogP contribution in [0, 0.1) is 11.3 Å². The molecule has 3 N–H and O–H groups in total. The van der Waals surface area contributed by atoms with Crippen LogP contribution in [0.3, 0.4) is 0 Å². The molecule has 0 amide bonds. The van der Waals surface area contributed by atoms with Gasteiger partial charge in [0.2, 0.25) is 0 Å². The van der Waals surface area contributed by atoms with Gasteiger partial charge in [0.25, 0.3) is 0 Å². The van der Waals surface area contributed by atoms with Gasteiger partial charge in [-0.15, -0.1) is 11.3 Å². The van der Waals surface area contributed by atoms with Crippen molar-refractivity contribution in [3.05, 3.63) is 22.1 Å². The van der Waals surface area contributed by atoms with Crippen LogP contribution in [0.25, 0.3) is 0 Å². The van der Waals surface area contributed by atoms with Crippen LogP contribution in [0.1, 0.15) is 67.4 Å². The van der Waals surface area contributed by atoms with Gasteiger partial charge in [0, 0.05) is 56.7 Å². The van der Waals surface area contributed by atoms with Crippen molar-refractivity contribution < 1.29 is 27.4 Å². The van der Waals surface area contributed by atoms with E-state index >= 15 is 0 Å². The molecule has 9 nitrogen and oxygen atoms in total. The zero-order valence-electron chi connectivity index (χ0n) is 23.5. The van der Waals surface area contributed by atoms with Gasteiger partial charge in [0.1, 0.15) is 40.4 Å². The van der Waals surface area contributed by atoms with Crippen molar-refractivity contribution in [3.8, 4) is 12.1 Å². The lowest BCUT2D eigenvalue weighted by molar-refractivity contribution is -0.135. The van der Waals surface area contributed by atoms with E-state index in [1.807, 2.05) is 15.9 Å². The molecule has 0 aromatic carbocycles. The Bertz CT molecular complexity index is 1380. The summed E-state index contributed by atoms with van der Waals surface area (Å²) in [6.07, 6.45) is -1.51. The van der Waals surface area contributed by atoms with E-state index < -0.39 is 34.3 Å². The predicted octanol–water partition coefficient (Wildman–Crippen LogP) is 4.31. The minimum absolute atomic E-state index is 0.0461. The van der Waals surface area contributed by atoms with Gasteiger partial charge in [-0.25, -0.2) is 4.39 Å². The molecular formula is C28H35F4N7O2S. The third kappa shape index (κ3) is 5.46. The van der Waals surface area contributed by atoms with Gasteiger partial charge in [-0.1, -0.05) is 0 Å². The minimum Gasteiger partial charge on any atom is -0.461 e. The molecule has 6 rings (SSSR count). The Morgan fingerprint density at radius 2 is 1.90 bits per heavy atom. The number of piperidine rings is 1. The summed E-state index contributed by atoms with van der Waals surface area (Å²) < 4.78 is 62.2. The number of aromatic nitrogens is 2. The largest absolute Gasteiger partial charge is 0.461 e. The average molecular weight is 610 g/mol. The zero-order chi connectivity index (χ0) is 29.9. The van der Waals surface area contributed by atoms with Crippen molar-refractivity contribution in [1.82, 2.24) is 14.9 Å². The molecule has 0 radical (unpaired) electrons. The SMILES string of the molecule is C[C@@]1(O)CCCN(c2cc(N3CCC(c4c(C(F)(F)F)sc(N)c4C#N)C3)nc(OC[C@@]34CCCN3C[C@H](F)C4)n2)C1. The number of nitrogen functional groups attached to an aromatic ring is 1. The maximum atomic E-state index is 14.3. The van der Waals surface area contributed by atoms with E-state index in [9.17, 15) is 27.9 Å². The number of fused-ring (bicyclic) bond motifs is 1. The van der Waals surface area contributed by atoms with Crippen LogP contribution >= 0.6 is 11.3 Å². The highest BCUT2D eigenvalue weighted by Crippen LogP contribution is 2.47. The second kappa shape index (κ2) is 10.7. The summed E-state index contributed by atoms with van der Waals surface area (Å²) in [7, 11) is 0. The average Bonchev–Trinajstić information content (AvgIpc) is 3.68. The van der Waals surface area contributed by atoms with Crippen LogP contribution in [-0.4, -0.2) is 83.2 Å². The Kier molecular flexibility index (Phi) is 7.42. The summed E-state index contributed by atoms with van der Waals surface area (Å²) in [6.45, 7) is 4.90. The van der Waals surface area contributed by atoms with Gasteiger partial charge in [0.15, 0.2) is 0 Å². The third-order valence-electron chi connectivity index (χ3n) is 9.17. The summed E-state index contributed by atoms with van der Waals surface area (Å²) in [5.74, 6) is 0.491. The Morgan fingerprint density at radius 1 is 1.17 bits per heavy atom. The fourth-order valence-corrected chi connectivity index (χ4v) is 8.21. The molecule has 4 aliphatic heterocycles. The van der Waals surface area contributed by atoms with Gasteiger partial charge in [-0.3, -0.25) is 4.90 Å². The van der Waals surface area contributed by atoms with Gasteiger partial charge in [0.05, 0.1) is 16.7 Å². The third-order valence-corrected chi connectivity index (χ3v) is 10.3. The van der Waals surface area contributed by atoms with Crippen LogP contribution in [0.2, 0.25) is 0 Å². The van der Waals surface area contributed by atoms with Gasteiger partial charge in [-0.05, 0) is 45.6 Å². The maximum absolute atomic E-state index is 14.3. The summed E-state index contributed by atoms with van der Waals surface area (Å²) in [5.41, 5.74) is 4.39. The van der Waals surface area contributed by atoms with Crippen LogP contribution in [-0.2, 0) is 6.18 Å². The first-order valence-corrected chi connectivity index (χ1v) is 15.2. The molecule has 228 valence electrons. The highest BCUT2D eigenvalue weighted by atomic mass is 32.1. The number of thiophene rings is 1. The molecule has 2 aromatic heterocycles. The first-order valence-electron chi connectivity index (χ1n) is 14.4. The van der Waals surface area contributed by atoms with E-state index in [1.165, 1.54) is 0 Å². The summed E-state index contributed by atoms with van der Waals surface area (Å²) in [6, 6.07) is 3.78. The van der Waals surface area contributed by atoms with Crippen molar-refractivity contribution in [2.75, 3.05) is 61.4 Å². The number of β-amino-alcohol motifs (C(OH)–C–C–N with tert-alkyl or cyclic N) is 1. The lowest BCUT2D eigenvalue weighted by atomic mass is 9.94. The van der Waals surface area contributed by atoms with E-state index in [4.69, 9.17) is 10.5 Å². The lowest BCUT2D eigenvalue weighted by Gasteiger charge is -2.38. The van der Waals surface area contributed by atoms with E-state index in [2.05, 4.69) is 14.9 Å². The molecule has 4 saturated heterocycles. The summed E-state index contributed by atoms with van der Waals surface area (Å²) in [5, 5.41) is 20.2. The molecule has 0 spiro atoms. The Morgan fingerprint density at radius 3 is 2.62 bits per heavy atom. The van der Waals surface area contributed by atoms with E-state index in [-0.39, 0.29) is 35.3 Å². The molecule has 4 atom stereocenters. The number of halogens is 4. The standard InChI is InChI=1S/C28H35F4N7O2S/c1-26(40)5-2-7-38(15-26)21-10-20(35-25(36-21)41-16-27-6-3-8-39(27)14-18(29)11-27)37-9-4-17(13-37)22-19(12-33)24(34)42-23(22)28(30,31)32/h10,17-18,40H,2-9,11,13-16,34H2,1H3/t17?,18-,26-,27+/m1/s1. The number of rotatable bonds is 6. The Hall–Kier alpha value is -2.89. The molecule has 1 unspecified atom stereocenters. The smallest absolute Gasteiger partial charge is 0.425 e. The fourth-order valence-electron chi connectivity index (χ4n) is 7.23. The fraction of sp³-hybridized carbons (Fsp3) is 0.679. The minimum atomic E-state index is -4.61. The molecule has 4 fully saturated rings. The number of nitriles is 1. The normalized spacial score (nSPS) is 30.1. The number of hydrogen-bond donors (Lipinski definition) is 2. The van der Waals surface area contributed by atoms with Crippen molar-refractivity contribution in [1.29, 1.82) is 5.26 Å². The molecule has 14 heteroatoms. The van der Waals surface area contributed by atoms with E-state index in [0.29, 0.717) is 68.4 Å². The lowest BCUT2D eigenvalue weighted by Crippen LogP contribution is -2.46. The second-order valence-corrected chi connectivity index (χ2v) is 13.4. The van der Waals surface area contributed by atoms with E-state index in [0.717, 1.165) is 25.8 Å². The molecule has 2 aromatic rings.